The fraction of sp³-hybridized carbons (Fsp3) is 0.571. The van der Waals surface area contributed by atoms with Gasteiger partial charge in [-0.15, -0.1) is 0 Å². The number of benzene rings is 1. The highest BCUT2D eigenvalue weighted by atomic mass is 16.5. The Morgan fingerprint density at radius 3 is 3.11 bits per heavy atom. The first-order valence-corrected chi connectivity index (χ1v) is 6.54. The van der Waals surface area contributed by atoms with E-state index in [0.29, 0.717) is 19.8 Å². The Labute approximate surface area is 108 Å². The summed E-state index contributed by atoms with van der Waals surface area (Å²) in [6, 6.07) is 7.98. The van der Waals surface area contributed by atoms with Crippen LogP contribution in [0.15, 0.2) is 24.3 Å². The zero-order chi connectivity index (χ0) is 12.8. The fourth-order valence-electron chi connectivity index (χ4n) is 2.15. The highest BCUT2D eigenvalue weighted by Crippen LogP contribution is 2.30. The van der Waals surface area contributed by atoms with Gasteiger partial charge in [-0.05, 0) is 25.5 Å². The molecule has 4 heteroatoms. The van der Waals surface area contributed by atoms with Gasteiger partial charge < -0.3 is 19.5 Å². The van der Waals surface area contributed by atoms with Crippen molar-refractivity contribution in [1.29, 1.82) is 0 Å². The Balaban J connectivity index is 2.03. The van der Waals surface area contributed by atoms with Gasteiger partial charge in [0, 0.05) is 19.7 Å². The lowest BCUT2D eigenvalue weighted by molar-refractivity contribution is 0.0464. The van der Waals surface area contributed by atoms with E-state index in [1.807, 2.05) is 31.2 Å². The third-order valence-corrected chi connectivity index (χ3v) is 2.98. The smallest absolute Gasteiger partial charge is 0.142 e. The summed E-state index contributed by atoms with van der Waals surface area (Å²) in [5.74, 6) is 0.901. The zero-order valence-corrected chi connectivity index (χ0v) is 10.8. The molecule has 1 aromatic rings. The van der Waals surface area contributed by atoms with E-state index in [0.717, 1.165) is 31.0 Å². The SMILES string of the molecule is CCOCC(O)CN1CCCOc2ccccc21. The van der Waals surface area contributed by atoms with Gasteiger partial charge in [-0.1, -0.05) is 12.1 Å². The van der Waals surface area contributed by atoms with Crippen LogP contribution in [0.4, 0.5) is 5.69 Å². The number of aliphatic hydroxyl groups excluding tert-OH is 1. The number of ether oxygens (including phenoxy) is 2. The average molecular weight is 251 g/mol. The Hall–Kier alpha value is -1.26. The number of hydrogen-bond donors (Lipinski definition) is 1. The van der Waals surface area contributed by atoms with Crippen LogP contribution < -0.4 is 9.64 Å². The molecule has 0 fully saturated rings. The summed E-state index contributed by atoms with van der Waals surface area (Å²) in [7, 11) is 0. The van der Waals surface area contributed by atoms with Crippen LogP contribution in [0.25, 0.3) is 0 Å². The predicted molar refractivity (Wildman–Crippen MR) is 71.3 cm³/mol. The Morgan fingerprint density at radius 1 is 1.44 bits per heavy atom. The zero-order valence-electron chi connectivity index (χ0n) is 10.8. The molecule has 0 saturated carbocycles. The number of hydrogen-bond acceptors (Lipinski definition) is 4. The molecule has 1 aliphatic heterocycles. The number of nitrogens with zero attached hydrogens (tertiary/aromatic N) is 1. The summed E-state index contributed by atoms with van der Waals surface area (Å²) in [6.07, 6.45) is 0.506. The van der Waals surface area contributed by atoms with E-state index in [1.54, 1.807) is 0 Å². The van der Waals surface area contributed by atoms with Crippen molar-refractivity contribution < 1.29 is 14.6 Å². The fourth-order valence-corrected chi connectivity index (χ4v) is 2.15. The summed E-state index contributed by atoms with van der Waals surface area (Å²) in [5, 5.41) is 9.94. The molecular formula is C14H21NO3. The lowest BCUT2D eigenvalue weighted by Crippen LogP contribution is -2.35. The van der Waals surface area contributed by atoms with E-state index >= 15 is 0 Å². The number of para-hydroxylation sites is 2. The molecule has 0 radical (unpaired) electrons. The Kier molecular flexibility index (Phi) is 4.84. The van der Waals surface area contributed by atoms with Gasteiger partial charge in [-0.25, -0.2) is 0 Å². The van der Waals surface area contributed by atoms with Gasteiger partial charge in [-0.2, -0.15) is 0 Å². The standard InChI is InChI=1S/C14H21NO3/c1-2-17-11-12(16)10-15-8-5-9-18-14-7-4-3-6-13(14)15/h3-4,6-7,12,16H,2,5,8-11H2,1H3. The predicted octanol–water partition coefficient (Wildman–Crippen LogP) is 1.67. The minimum Gasteiger partial charge on any atom is -0.491 e. The molecule has 0 saturated heterocycles. The molecule has 1 atom stereocenters. The summed E-state index contributed by atoms with van der Waals surface area (Å²) in [5.41, 5.74) is 1.06. The summed E-state index contributed by atoms with van der Waals surface area (Å²) < 4.78 is 10.9. The third kappa shape index (κ3) is 3.37. The minimum atomic E-state index is -0.462. The lowest BCUT2D eigenvalue weighted by Gasteiger charge is -2.26. The molecule has 0 bridgehead atoms. The molecule has 2 rings (SSSR count). The van der Waals surface area contributed by atoms with Crippen LogP contribution in [0.2, 0.25) is 0 Å². The molecule has 0 aliphatic carbocycles. The Bertz CT molecular complexity index is 370. The lowest BCUT2D eigenvalue weighted by atomic mass is 10.2. The minimum absolute atomic E-state index is 0.385. The molecule has 1 heterocycles. The Morgan fingerprint density at radius 2 is 2.28 bits per heavy atom. The quantitative estimate of drug-likeness (QED) is 0.864. The summed E-state index contributed by atoms with van der Waals surface area (Å²) >= 11 is 0. The van der Waals surface area contributed by atoms with Gasteiger partial charge >= 0.3 is 0 Å². The number of rotatable bonds is 5. The van der Waals surface area contributed by atoms with Crippen LogP contribution in [0.5, 0.6) is 5.75 Å². The van der Waals surface area contributed by atoms with Crippen LogP contribution in [0, 0.1) is 0 Å². The van der Waals surface area contributed by atoms with Gasteiger partial charge in [-0.3, -0.25) is 0 Å². The second-order valence-electron chi connectivity index (χ2n) is 4.43. The maximum atomic E-state index is 9.94. The van der Waals surface area contributed by atoms with E-state index in [2.05, 4.69) is 4.90 Å². The first-order valence-electron chi connectivity index (χ1n) is 6.54. The first-order chi connectivity index (χ1) is 8.81. The van der Waals surface area contributed by atoms with Crippen LogP contribution in [-0.4, -0.2) is 44.1 Å². The van der Waals surface area contributed by atoms with Crippen molar-refractivity contribution in [2.24, 2.45) is 0 Å². The molecule has 18 heavy (non-hydrogen) atoms. The van der Waals surface area contributed by atoms with Gasteiger partial charge in [0.1, 0.15) is 5.75 Å². The van der Waals surface area contributed by atoms with E-state index in [-0.39, 0.29) is 0 Å². The molecule has 4 nitrogen and oxygen atoms in total. The third-order valence-electron chi connectivity index (χ3n) is 2.98. The first kappa shape index (κ1) is 13.2. The molecule has 100 valence electrons. The van der Waals surface area contributed by atoms with E-state index in [4.69, 9.17) is 9.47 Å². The van der Waals surface area contributed by atoms with Gasteiger partial charge in [0.2, 0.25) is 0 Å². The number of fused-ring (bicyclic) bond motifs is 1. The molecule has 0 amide bonds. The summed E-state index contributed by atoms with van der Waals surface area (Å²) in [6.45, 7) is 5.17. The molecule has 1 unspecified atom stereocenters. The monoisotopic (exact) mass is 251 g/mol. The van der Waals surface area contributed by atoms with E-state index in [9.17, 15) is 5.11 Å². The molecule has 1 N–H and O–H groups in total. The molecule has 0 spiro atoms. The molecule has 1 aliphatic rings. The van der Waals surface area contributed by atoms with Gasteiger partial charge in [0.25, 0.3) is 0 Å². The number of aliphatic hydroxyl groups is 1. The normalized spacial score (nSPS) is 16.7. The van der Waals surface area contributed by atoms with Crippen molar-refractivity contribution in [1.82, 2.24) is 0 Å². The van der Waals surface area contributed by atoms with Crippen LogP contribution >= 0.6 is 0 Å². The van der Waals surface area contributed by atoms with Gasteiger partial charge in [0.15, 0.2) is 0 Å². The van der Waals surface area contributed by atoms with Crippen LogP contribution in [0.3, 0.4) is 0 Å². The van der Waals surface area contributed by atoms with E-state index in [1.165, 1.54) is 0 Å². The topological polar surface area (TPSA) is 41.9 Å². The van der Waals surface area contributed by atoms with Crippen molar-refractivity contribution in [2.75, 3.05) is 37.8 Å². The summed E-state index contributed by atoms with van der Waals surface area (Å²) in [4.78, 5) is 2.17. The van der Waals surface area contributed by atoms with Crippen LogP contribution in [0.1, 0.15) is 13.3 Å². The van der Waals surface area contributed by atoms with Crippen molar-refractivity contribution in [3.8, 4) is 5.75 Å². The number of anilines is 1. The van der Waals surface area contributed by atoms with Crippen molar-refractivity contribution in [3.05, 3.63) is 24.3 Å². The molecule has 0 aromatic heterocycles. The maximum Gasteiger partial charge on any atom is 0.142 e. The largest absolute Gasteiger partial charge is 0.491 e. The van der Waals surface area contributed by atoms with E-state index < -0.39 is 6.10 Å². The maximum absolute atomic E-state index is 9.94. The van der Waals surface area contributed by atoms with Crippen LogP contribution in [-0.2, 0) is 4.74 Å². The second-order valence-corrected chi connectivity index (χ2v) is 4.43. The van der Waals surface area contributed by atoms with Gasteiger partial charge in [0.05, 0.1) is 25.0 Å². The van der Waals surface area contributed by atoms with Crippen molar-refractivity contribution in [2.45, 2.75) is 19.4 Å². The number of β-amino-alcohol motifs (C(OH)–C–C–N with tert-alkyl or cyclic N) is 1. The molecular weight excluding hydrogens is 230 g/mol. The highest BCUT2D eigenvalue weighted by molar-refractivity contribution is 5.59. The second kappa shape index (κ2) is 6.61. The molecule has 1 aromatic carbocycles. The van der Waals surface area contributed by atoms with Crippen molar-refractivity contribution in [3.63, 3.8) is 0 Å². The highest BCUT2D eigenvalue weighted by Gasteiger charge is 2.18. The average Bonchev–Trinajstić information content (AvgIpc) is 2.59. The van der Waals surface area contributed by atoms with Crippen molar-refractivity contribution >= 4 is 5.69 Å².